The second-order valence-corrected chi connectivity index (χ2v) is 6.88. The van der Waals surface area contributed by atoms with E-state index < -0.39 is 0 Å². The van der Waals surface area contributed by atoms with Crippen LogP contribution >= 0.6 is 62.3 Å². The molecule has 0 aromatic heterocycles. The van der Waals surface area contributed by atoms with Crippen molar-refractivity contribution in [1.29, 1.82) is 0 Å². The van der Waals surface area contributed by atoms with Gasteiger partial charge in [-0.1, -0.05) is 46.4 Å². The Balaban J connectivity index is 2.07. The van der Waals surface area contributed by atoms with E-state index in [2.05, 4.69) is 26.2 Å². The second kappa shape index (κ2) is 8.23. The van der Waals surface area contributed by atoms with Crippen LogP contribution in [0.25, 0.3) is 0 Å². The highest BCUT2D eigenvalue weighted by Crippen LogP contribution is 2.25. The van der Waals surface area contributed by atoms with Gasteiger partial charge in [0.15, 0.2) is 0 Å². The van der Waals surface area contributed by atoms with Crippen molar-refractivity contribution in [3.05, 3.63) is 67.2 Å². The van der Waals surface area contributed by atoms with Gasteiger partial charge in [-0.25, -0.2) is 0 Å². The molecule has 1 N–H and O–H groups in total. The fourth-order valence-corrected chi connectivity index (χ4v) is 2.83. The maximum atomic E-state index is 5.93. The van der Waals surface area contributed by atoms with Crippen molar-refractivity contribution in [3.63, 3.8) is 0 Å². The highest BCUT2D eigenvalue weighted by Gasteiger charge is 1.98. The first-order valence-corrected chi connectivity index (χ1v) is 8.31. The summed E-state index contributed by atoms with van der Waals surface area (Å²) in [5, 5.41) is 5.25. The van der Waals surface area contributed by atoms with Crippen LogP contribution in [0.1, 0.15) is 0 Å². The average Bonchev–Trinajstić information content (AvgIpc) is 2.41. The summed E-state index contributed by atoms with van der Waals surface area (Å²) >= 11 is 27.1. The van der Waals surface area contributed by atoms with E-state index in [0.717, 1.165) is 10.2 Å². The zero-order valence-electron chi connectivity index (χ0n) is 11.0. The molecule has 0 fully saturated rings. The quantitative estimate of drug-likeness (QED) is 0.495. The van der Waals surface area contributed by atoms with Crippen molar-refractivity contribution < 1.29 is 0 Å². The van der Waals surface area contributed by atoms with Gasteiger partial charge in [0.05, 0.1) is 10.2 Å². The smallest absolute Gasteiger partial charge is 0.0659 e. The summed E-state index contributed by atoms with van der Waals surface area (Å²) in [6.45, 7) is 0. The Bertz CT molecular complexity index is 704. The third-order valence-corrected chi connectivity index (χ3v) is 3.73. The van der Waals surface area contributed by atoms with Gasteiger partial charge in [0, 0.05) is 38.2 Å². The second-order valence-electron chi connectivity index (χ2n) is 4.22. The van der Waals surface area contributed by atoms with E-state index in [-0.39, 0.29) is 0 Å². The average molecular weight is 439 g/mol. The Morgan fingerprint density at radius 2 is 1.36 bits per heavy atom. The van der Waals surface area contributed by atoms with E-state index in [1.165, 1.54) is 0 Å². The predicted molar refractivity (Wildman–Crippen MR) is 102 cm³/mol. The number of aliphatic imine (C=N–C) groups is 1. The fraction of sp³-hybridized carbons (Fsp3) is 0. The van der Waals surface area contributed by atoms with Crippen molar-refractivity contribution in [2.24, 2.45) is 4.99 Å². The van der Waals surface area contributed by atoms with Gasteiger partial charge < -0.3 is 5.32 Å². The monoisotopic (exact) mass is 436 g/mol. The molecule has 7 heteroatoms. The van der Waals surface area contributed by atoms with Crippen LogP contribution < -0.4 is 5.32 Å². The van der Waals surface area contributed by atoms with Gasteiger partial charge in [-0.3, -0.25) is 4.99 Å². The lowest BCUT2D eigenvalue weighted by molar-refractivity contribution is 1.53. The van der Waals surface area contributed by atoms with Crippen LogP contribution in [0.2, 0.25) is 20.1 Å². The summed E-state index contributed by atoms with van der Waals surface area (Å²) in [4.78, 5) is 4.27. The molecule has 2 rings (SSSR count). The molecule has 0 aliphatic heterocycles. The lowest BCUT2D eigenvalue weighted by Gasteiger charge is -2.03. The van der Waals surface area contributed by atoms with Crippen LogP contribution in [0.5, 0.6) is 0 Å². The molecule has 2 nitrogen and oxygen atoms in total. The van der Waals surface area contributed by atoms with Gasteiger partial charge in [-0.15, -0.1) is 0 Å². The van der Waals surface area contributed by atoms with Crippen molar-refractivity contribution in [2.75, 3.05) is 5.32 Å². The number of nitrogens with one attached hydrogen (secondary N) is 1. The Hall–Kier alpha value is -0.710. The number of rotatable bonds is 4. The molecule has 114 valence electrons. The van der Waals surface area contributed by atoms with E-state index in [9.17, 15) is 0 Å². The summed E-state index contributed by atoms with van der Waals surface area (Å²) in [6, 6.07) is 10.3. The summed E-state index contributed by atoms with van der Waals surface area (Å²) in [5.74, 6) is 0. The van der Waals surface area contributed by atoms with Gasteiger partial charge in [0.2, 0.25) is 0 Å². The van der Waals surface area contributed by atoms with Gasteiger partial charge in [0.1, 0.15) is 0 Å². The number of benzene rings is 2. The topological polar surface area (TPSA) is 24.4 Å². The van der Waals surface area contributed by atoms with Crippen LogP contribution in [0.3, 0.4) is 0 Å². The number of hydrogen-bond acceptors (Lipinski definition) is 2. The van der Waals surface area contributed by atoms with Crippen molar-refractivity contribution in [1.82, 2.24) is 0 Å². The zero-order chi connectivity index (χ0) is 16.1. The first kappa shape index (κ1) is 17.6. The molecule has 0 aliphatic rings. The number of hydrogen-bond donors (Lipinski definition) is 1. The Kier molecular flexibility index (Phi) is 6.60. The summed E-state index contributed by atoms with van der Waals surface area (Å²) in [5.41, 5.74) is 1.43. The molecule has 0 spiro atoms. The molecule has 0 atom stereocenters. The Morgan fingerprint density at radius 3 is 1.91 bits per heavy atom. The van der Waals surface area contributed by atoms with Gasteiger partial charge in [-0.2, -0.15) is 0 Å². The number of halogens is 5. The van der Waals surface area contributed by atoms with E-state index >= 15 is 0 Å². The first-order valence-electron chi connectivity index (χ1n) is 6.01. The Morgan fingerprint density at radius 1 is 0.864 bits per heavy atom. The molecule has 0 saturated carbocycles. The Labute approximate surface area is 156 Å². The molecule has 0 saturated heterocycles. The molecule has 0 heterocycles. The fourth-order valence-electron chi connectivity index (χ4n) is 1.58. The molecule has 0 bridgehead atoms. The van der Waals surface area contributed by atoms with E-state index in [0.29, 0.717) is 25.8 Å². The number of anilines is 1. The number of nitrogens with zero attached hydrogens (tertiary/aromatic N) is 1. The molecular formula is C15H9BrCl4N2. The van der Waals surface area contributed by atoms with E-state index in [4.69, 9.17) is 46.4 Å². The SMILES string of the molecule is Clc1cc(Cl)cc(N=C/C(Br)=C\Nc2cc(Cl)cc(Cl)c2)c1. The van der Waals surface area contributed by atoms with Crippen LogP contribution in [-0.2, 0) is 0 Å². The molecule has 22 heavy (non-hydrogen) atoms. The molecule has 2 aromatic rings. The van der Waals surface area contributed by atoms with E-state index in [1.807, 2.05) is 0 Å². The van der Waals surface area contributed by atoms with E-state index in [1.54, 1.807) is 48.8 Å². The lowest BCUT2D eigenvalue weighted by atomic mass is 10.3. The van der Waals surface area contributed by atoms with Gasteiger partial charge >= 0.3 is 0 Å². The minimum absolute atomic E-state index is 0.534. The maximum Gasteiger partial charge on any atom is 0.0659 e. The molecule has 0 radical (unpaired) electrons. The van der Waals surface area contributed by atoms with Crippen molar-refractivity contribution >= 4 is 79.9 Å². The predicted octanol–water partition coefficient (Wildman–Crippen LogP) is 7.35. The van der Waals surface area contributed by atoms with Gasteiger partial charge in [0.25, 0.3) is 0 Å². The largest absolute Gasteiger partial charge is 0.360 e. The van der Waals surface area contributed by atoms with Crippen LogP contribution in [-0.4, -0.2) is 6.21 Å². The summed E-state index contributed by atoms with van der Waals surface area (Å²) < 4.78 is 0.722. The molecule has 2 aromatic carbocycles. The highest BCUT2D eigenvalue weighted by molar-refractivity contribution is 9.12. The normalized spacial score (nSPS) is 12.0. The molecule has 0 amide bonds. The summed E-state index contributed by atoms with van der Waals surface area (Å²) in [7, 11) is 0. The van der Waals surface area contributed by atoms with Crippen LogP contribution in [0.15, 0.2) is 52.1 Å². The molecule has 0 unspecified atom stereocenters. The third-order valence-electron chi connectivity index (χ3n) is 2.42. The zero-order valence-corrected chi connectivity index (χ0v) is 15.6. The summed E-state index contributed by atoms with van der Waals surface area (Å²) in [6.07, 6.45) is 3.35. The molecular weight excluding hydrogens is 430 g/mol. The maximum absolute atomic E-state index is 5.93. The van der Waals surface area contributed by atoms with Crippen LogP contribution in [0.4, 0.5) is 11.4 Å². The van der Waals surface area contributed by atoms with Crippen molar-refractivity contribution in [2.45, 2.75) is 0 Å². The van der Waals surface area contributed by atoms with Gasteiger partial charge in [-0.05, 0) is 52.3 Å². The number of allylic oxidation sites excluding steroid dienone is 1. The lowest BCUT2D eigenvalue weighted by Crippen LogP contribution is -1.89. The van der Waals surface area contributed by atoms with Crippen molar-refractivity contribution in [3.8, 4) is 0 Å². The van der Waals surface area contributed by atoms with Crippen LogP contribution in [0, 0.1) is 0 Å². The first-order chi connectivity index (χ1) is 10.4. The highest BCUT2D eigenvalue weighted by atomic mass is 79.9. The molecule has 0 aliphatic carbocycles. The minimum atomic E-state index is 0.534. The third kappa shape index (κ3) is 5.82. The minimum Gasteiger partial charge on any atom is -0.360 e. The standard InChI is InChI=1S/C15H9BrCl4N2/c16-9(7-21-14-3-10(17)1-11(18)4-14)8-22-15-5-12(19)2-13(20)6-15/h1-8,21H/b9-7+,22-8?.